The van der Waals surface area contributed by atoms with Crippen LogP contribution in [0.25, 0.3) is 11.4 Å². The minimum atomic E-state index is 0.178. The van der Waals surface area contributed by atoms with Crippen LogP contribution in [-0.2, 0) is 30.4 Å². The average molecular weight is 502 g/mol. The van der Waals surface area contributed by atoms with Crippen molar-refractivity contribution in [3.05, 3.63) is 76.0 Å². The normalized spacial score (nSPS) is 15.1. The van der Waals surface area contributed by atoms with Crippen molar-refractivity contribution in [3.8, 4) is 17.3 Å². The van der Waals surface area contributed by atoms with Crippen LogP contribution in [0, 0.1) is 6.92 Å². The predicted octanol–water partition coefficient (Wildman–Crippen LogP) is 6.59. The van der Waals surface area contributed by atoms with Crippen molar-refractivity contribution < 1.29 is 9.47 Å². The van der Waals surface area contributed by atoms with Gasteiger partial charge >= 0.3 is 0 Å². The van der Waals surface area contributed by atoms with E-state index in [0.717, 1.165) is 48.5 Å². The number of nitrogens with zero attached hydrogens (tertiary/aromatic N) is 2. The van der Waals surface area contributed by atoms with Gasteiger partial charge in [-0.1, -0.05) is 56.3 Å². The number of rotatable bonds is 12. The molecule has 1 aliphatic carbocycles. The van der Waals surface area contributed by atoms with Crippen LogP contribution in [0.1, 0.15) is 80.1 Å². The smallest absolute Gasteiger partial charge is 0.220 e. The second-order valence-electron chi connectivity index (χ2n) is 10.2. The predicted molar refractivity (Wildman–Crippen MR) is 151 cm³/mol. The summed E-state index contributed by atoms with van der Waals surface area (Å²) in [7, 11) is 0. The monoisotopic (exact) mass is 501 g/mol. The van der Waals surface area contributed by atoms with E-state index < -0.39 is 0 Å². The summed E-state index contributed by atoms with van der Waals surface area (Å²) in [6.07, 6.45) is 6.47. The Balaban J connectivity index is 1.58. The van der Waals surface area contributed by atoms with Gasteiger partial charge in [-0.15, -0.1) is 0 Å². The van der Waals surface area contributed by atoms with Crippen LogP contribution in [0.3, 0.4) is 0 Å². The molecule has 1 heterocycles. The van der Waals surface area contributed by atoms with Crippen LogP contribution < -0.4 is 10.1 Å². The summed E-state index contributed by atoms with van der Waals surface area (Å²) in [5, 5.41) is 3.81. The first kappa shape index (κ1) is 27.3. The van der Waals surface area contributed by atoms with Crippen molar-refractivity contribution >= 4 is 0 Å². The molecule has 4 rings (SSSR count). The molecule has 1 N–H and O–H groups in total. The number of hydrogen-bond acceptors (Lipinski definition) is 5. The fraction of sp³-hybridized carbons (Fsp3) is 0.500. The van der Waals surface area contributed by atoms with Gasteiger partial charge in [-0.05, 0) is 81.5 Å². The molecule has 0 saturated heterocycles. The Bertz CT molecular complexity index is 1150. The number of fused-ring (bicyclic) bond motifs is 1. The Kier molecular flexibility index (Phi) is 9.70. The molecule has 0 unspecified atom stereocenters. The Hall–Kier alpha value is -2.76. The molecule has 0 radical (unpaired) electrons. The van der Waals surface area contributed by atoms with Crippen LogP contribution in [0.5, 0.6) is 5.88 Å². The van der Waals surface area contributed by atoms with Crippen molar-refractivity contribution in [1.82, 2.24) is 15.3 Å². The van der Waals surface area contributed by atoms with Crippen molar-refractivity contribution in [1.29, 1.82) is 0 Å². The summed E-state index contributed by atoms with van der Waals surface area (Å²) in [6.45, 7) is 12.4. The highest BCUT2D eigenvalue weighted by atomic mass is 16.5. The first-order valence-corrected chi connectivity index (χ1v) is 14.1. The Morgan fingerprint density at radius 1 is 0.973 bits per heavy atom. The van der Waals surface area contributed by atoms with Gasteiger partial charge < -0.3 is 14.8 Å². The highest BCUT2D eigenvalue weighted by Crippen LogP contribution is 2.32. The van der Waals surface area contributed by atoms with Crippen molar-refractivity contribution in [3.63, 3.8) is 0 Å². The quantitative estimate of drug-likeness (QED) is 0.284. The van der Waals surface area contributed by atoms with Crippen molar-refractivity contribution in [2.24, 2.45) is 0 Å². The van der Waals surface area contributed by atoms with Crippen LogP contribution in [0.2, 0.25) is 0 Å². The Morgan fingerprint density at radius 3 is 2.46 bits per heavy atom. The van der Waals surface area contributed by atoms with E-state index in [-0.39, 0.29) is 6.10 Å². The average Bonchev–Trinajstić information content (AvgIpc) is 2.91. The Labute approximate surface area is 223 Å². The standard InChI is InChI=1S/C32H43N3O2/c1-6-24-13-10-14-25(7-2)30(24)31-34-23(5)27(32(35-31)37-21-20-36-22(3)4)18-19-33-29-17-11-15-26-12-8-9-16-28(26)29/h8-10,12-14,16,22,29,33H,6-7,11,15,17-21H2,1-5H3/t29-/m0/s1. The fourth-order valence-corrected chi connectivity index (χ4v) is 5.38. The molecule has 0 amide bonds. The minimum Gasteiger partial charge on any atom is -0.475 e. The zero-order valence-electron chi connectivity index (χ0n) is 23.3. The molecule has 0 fully saturated rings. The number of aryl methyl sites for hydroxylation is 4. The van der Waals surface area contributed by atoms with Crippen LogP contribution in [0.15, 0.2) is 42.5 Å². The number of hydrogen-bond donors (Lipinski definition) is 1. The largest absolute Gasteiger partial charge is 0.475 e. The maximum Gasteiger partial charge on any atom is 0.220 e. The molecule has 2 aromatic carbocycles. The van der Waals surface area contributed by atoms with Gasteiger partial charge in [-0.25, -0.2) is 4.98 Å². The maximum absolute atomic E-state index is 6.27. The molecular formula is C32H43N3O2. The minimum absolute atomic E-state index is 0.178. The molecule has 0 bridgehead atoms. The summed E-state index contributed by atoms with van der Waals surface area (Å²) >= 11 is 0. The van der Waals surface area contributed by atoms with E-state index in [1.807, 2.05) is 13.8 Å². The molecule has 0 spiro atoms. The van der Waals surface area contributed by atoms with Gasteiger partial charge in [0.25, 0.3) is 0 Å². The van der Waals surface area contributed by atoms with E-state index in [4.69, 9.17) is 19.4 Å². The third kappa shape index (κ3) is 6.77. The highest BCUT2D eigenvalue weighted by molar-refractivity contribution is 5.66. The SMILES string of the molecule is CCc1cccc(CC)c1-c1nc(C)c(CCN[C@H]2CCCc3ccccc32)c(OCCOC(C)C)n1. The lowest BCUT2D eigenvalue weighted by molar-refractivity contribution is 0.0540. The maximum atomic E-state index is 6.27. The van der Waals surface area contributed by atoms with E-state index in [2.05, 4.69) is 68.6 Å². The number of benzene rings is 2. The summed E-state index contributed by atoms with van der Waals surface area (Å²) < 4.78 is 12.0. The van der Waals surface area contributed by atoms with Gasteiger partial charge in [0.1, 0.15) is 6.61 Å². The molecule has 1 aromatic heterocycles. The topological polar surface area (TPSA) is 56.3 Å². The van der Waals surface area contributed by atoms with E-state index in [9.17, 15) is 0 Å². The van der Waals surface area contributed by atoms with Gasteiger partial charge in [0, 0.05) is 29.4 Å². The fourth-order valence-electron chi connectivity index (χ4n) is 5.38. The van der Waals surface area contributed by atoms with E-state index in [1.165, 1.54) is 41.5 Å². The van der Waals surface area contributed by atoms with Gasteiger partial charge in [-0.3, -0.25) is 0 Å². The lowest BCUT2D eigenvalue weighted by atomic mass is 9.87. The third-order valence-electron chi connectivity index (χ3n) is 7.31. The van der Waals surface area contributed by atoms with Gasteiger partial charge in [-0.2, -0.15) is 4.98 Å². The summed E-state index contributed by atoms with van der Waals surface area (Å²) in [5.74, 6) is 1.46. The van der Waals surface area contributed by atoms with E-state index in [1.54, 1.807) is 0 Å². The zero-order valence-corrected chi connectivity index (χ0v) is 23.3. The van der Waals surface area contributed by atoms with Crippen molar-refractivity contribution in [2.45, 2.75) is 85.3 Å². The van der Waals surface area contributed by atoms with Crippen molar-refractivity contribution in [2.75, 3.05) is 19.8 Å². The Morgan fingerprint density at radius 2 is 1.73 bits per heavy atom. The number of ether oxygens (including phenoxy) is 2. The molecule has 0 saturated carbocycles. The van der Waals surface area contributed by atoms with Gasteiger partial charge in [0.15, 0.2) is 5.82 Å². The molecule has 3 aromatic rings. The lowest BCUT2D eigenvalue weighted by Crippen LogP contribution is -2.27. The summed E-state index contributed by atoms with van der Waals surface area (Å²) in [4.78, 5) is 10.1. The molecule has 0 aliphatic heterocycles. The molecule has 198 valence electrons. The third-order valence-corrected chi connectivity index (χ3v) is 7.31. The number of aromatic nitrogens is 2. The van der Waals surface area contributed by atoms with E-state index in [0.29, 0.717) is 25.1 Å². The van der Waals surface area contributed by atoms with Gasteiger partial charge in [0.05, 0.1) is 12.7 Å². The van der Waals surface area contributed by atoms with Crippen LogP contribution >= 0.6 is 0 Å². The first-order valence-electron chi connectivity index (χ1n) is 14.1. The second kappa shape index (κ2) is 13.2. The molecule has 5 heteroatoms. The lowest BCUT2D eigenvalue weighted by Gasteiger charge is -2.26. The highest BCUT2D eigenvalue weighted by Gasteiger charge is 2.21. The molecule has 1 aliphatic rings. The second-order valence-corrected chi connectivity index (χ2v) is 10.2. The summed E-state index contributed by atoms with van der Waals surface area (Å²) in [6, 6.07) is 15.7. The van der Waals surface area contributed by atoms with Gasteiger partial charge in [0.2, 0.25) is 5.88 Å². The summed E-state index contributed by atoms with van der Waals surface area (Å²) in [5.41, 5.74) is 8.70. The molecule has 5 nitrogen and oxygen atoms in total. The first-order chi connectivity index (χ1) is 18.0. The molecule has 1 atom stereocenters. The number of nitrogens with one attached hydrogen (secondary N) is 1. The van der Waals surface area contributed by atoms with Crippen LogP contribution in [-0.4, -0.2) is 35.8 Å². The zero-order chi connectivity index (χ0) is 26.2. The van der Waals surface area contributed by atoms with Crippen LogP contribution in [0.4, 0.5) is 0 Å². The molecular weight excluding hydrogens is 458 g/mol. The molecule has 37 heavy (non-hydrogen) atoms. The van der Waals surface area contributed by atoms with E-state index >= 15 is 0 Å².